The van der Waals surface area contributed by atoms with Gasteiger partial charge in [0.05, 0.1) is 49.3 Å². The Hall–Kier alpha value is -4.29. The first kappa shape index (κ1) is 27.7. The molecule has 0 aliphatic rings. The Labute approximate surface area is 226 Å². The van der Waals surface area contributed by atoms with E-state index in [0.717, 1.165) is 11.0 Å². The van der Waals surface area contributed by atoms with E-state index >= 15 is 0 Å². The first-order valence-corrected chi connectivity index (χ1v) is 12.7. The van der Waals surface area contributed by atoms with Gasteiger partial charge in [-0.05, 0) is 51.1 Å². The number of nitrogens with one attached hydrogen (secondary N) is 3. The molecule has 206 valence electrons. The maximum absolute atomic E-state index is 12.7. The van der Waals surface area contributed by atoms with E-state index in [1.54, 1.807) is 30.6 Å². The minimum absolute atomic E-state index is 0.264. The van der Waals surface area contributed by atoms with Crippen molar-refractivity contribution in [3.8, 4) is 0 Å². The molecule has 39 heavy (non-hydrogen) atoms. The van der Waals surface area contributed by atoms with E-state index in [1.807, 2.05) is 49.4 Å². The SMILES string of the molecule is CC(C)(C)OC(=O)NCCOCCOCCNc1ccc(NC(=O)c2ccn3c(n2)nc2ccccc23)cn1. The Morgan fingerprint density at radius 3 is 2.44 bits per heavy atom. The summed E-state index contributed by atoms with van der Waals surface area (Å²) in [6, 6.07) is 12.9. The highest BCUT2D eigenvalue weighted by molar-refractivity contribution is 6.03. The van der Waals surface area contributed by atoms with E-state index in [1.165, 1.54) is 0 Å². The molecule has 0 atom stereocenters. The topological polar surface area (TPSA) is 141 Å². The fraction of sp³-hybridized carbons (Fsp3) is 0.370. The lowest BCUT2D eigenvalue weighted by atomic mass is 10.2. The summed E-state index contributed by atoms with van der Waals surface area (Å²) < 4.78 is 17.9. The van der Waals surface area contributed by atoms with Crippen LogP contribution in [0, 0.1) is 0 Å². The Morgan fingerprint density at radius 1 is 0.923 bits per heavy atom. The number of hydrogen-bond acceptors (Lipinski definition) is 9. The minimum atomic E-state index is -0.522. The molecule has 0 aliphatic heterocycles. The van der Waals surface area contributed by atoms with Crippen molar-refractivity contribution in [3.05, 3.63) is 60.6 Å². The van der Waals surface area contributed by atoms with Crippen molar-refractivity contribution in [3.63, 3.8) is 0 Å². The quantitative estimate of drug-likeness (QED) is 0.232. The Kier molecular flexibility index (Phi) is 9.23. The lowest BCUT2D eigenvalue weighted by molar-refractivity contribution is 0.0415. The summed E-state index contributed by atoms with van der Waals surface area (Å²) in [5, 5.41) is 8.59. The van der Waals surface area contributed by atoms with Crippen LogP contribution in [0.3, 0.4) is 0 Å². The van der Waals surface area contributed by atoms with Gasteiger partial charge in [-0.15, -0.1) is 0 Å². The van der Waals surface area contributed by atoms with Crippen LogP contribution in [0.2, 0.25) is 0 Å². The van der Waals surface area contributed by atoms with Crippen molar-refractivity contribution in [2.45, 2.75) is 26.4 Å². The number of benzene rings is 1. The number of carbonyl (C=O) groups is 2. The second-order valence-corrected chi connectivity index (χ2v) is 9.55. The lowest BCUT2D eigenvalue weighted by Crippen LogP contribution is -2.34. The molecule has 0 saturated heterocycles. The fourth-order valence-corrected chi connectivity index (χ4v) is 3.55. The van der Waals surface area contributed by atoms with Gasteiger partial charge in [-0.3, -0.25) is 9.20 Å². The first-order valence-electron chi connectivity index (χ1n) is 12.7. The third kappa shape index (κ3) is 8.35. The Morgan fingerprint density at radius 2 is 1.69 bits per heavy atom. The summed E-state index contributed by atoms with van der Waals surface area (Å²) in [5.41, 5.74) is 2.04. The Balaban J connectivity index is 1.10. The van der Waals surface area contributed by atoms with E-state index in [2.05, 4.69) is 30.9 Å². The molecule has 0 fully saturated rings. The summed E-state index contributed by atoms with van der Waals surface area (Å²) in [5.74, 6) is 0.776. The van der Waals surface area contributed by atoms with Crippen molar-refractivity contribution >= 4 is 40.3 Å². The highest BCUT2D eigenvalue weighted by Crippen LogP contribution is 2.16. The van der Waals surface area contributed by atoms with Crippen LogP contribution < -0.4 is 16.0 Å². The normalized spacial score (nSPS) is 11.5. The summed E-state index contributed by atoms with van der Waals surface area (Å²) in [7, 11) is 0. The predicted molar refractivity (Wildman–Crippen MR) is 147 cm³/mol. The second-order valence-electron chi connectivity index (χ2n) is 9.55. The van der Waals surface area contributed by atoms with E-state index in [4.69, 9.17) is 14.2 Å². The molecule has 3 aromatic heterocycles. The number of amides is 2. The van der Waals surface area contributed by atoms with Crippen LogP contribution >= 0.6 is 0 Å². The first-order chi connectivity index (χ1) is 18.8. The van der Waals surface area contributed by atoms with Gasteiger partial charge in [-0.2, -0.15) is 0 Å². The molecule has 12 heteroatoms. The predicted octanol–water partition coefficient (Wildman–Crippen LogP) is 3.50. The molecular weight excluding hydrogens is 502 g/mol. The standard InChI is InChI=1S/C27H33N7O5/c1-27(2,3)39-26(36)29-12-15-38-17-16-37-14-11-28-23-9-8-19(18-30-23)31-24(35)21-10-13-34-22-7-5-4-6-20(22)32-25(34)33-21/h4-10,13,18H,11-12,14-17H2,1-3H3,(H,28,30)(H,29,36)(H,31,35). The zero-order chi connectivity index (χ0) is 27.7. The number of ether oxygens (including phenoxy) is 3. The largest absolute Gasteiger partial charge is 0.444 e. The van der Waals surface area contributed by atoms with Crippen LogP contribution in [-0.4, -0.2) is 76.5 Å². The van der Waals surface area contributed by atoms with Crippen LogP contribution in [-0.2, 0) is 14.2 Å². The number of anilines is 2. The molecule has 0 unspecified atom stereocenters. The highest BCUT2D eigenvalue weighted by atomic mass is 16.6. The van der Waals surface area contributed by atoms with E-state index in [0.29, 0.717) is 56.8 Å². The number of fused-ring (bicyclic) bond motifs is 3. The van der Waals surface area contributed by atoms with Crippen molar-refractivity contribution in [2.75, 3.05) is 50.2 Å². The third-order valence-electron chi connectivity index (χ3n) is 5.27. The third-order valence-corrected chi connectivity index (χ3v) is 5.27. The number of para-hydroxylation sites is 2. The van der Waals surface area contributed by atoms with Crippen LogP contribution in [0.25, 0.3) is 16.8 Å². The molecule has 0 radical (unpaired) electrons. The van der Waals surface area contributed by atoms with Crippen LogP contribution in [0.5, 0.6) is 0 Å². The van der Waals surface area contributed by atoms with E-state index in [-0.39, 0.29) is 11.6 Å². The highest BCUT2D eigenvalue weighted by Gasteiger charge is 2.15. The Bertz CT molecular complexity index is 1400. The fourth-order valence-electron chi connectivity index (χ4n) is 3.55. The van der Waals surface area contributed by atoms with E-state index in [9.17, 15) is 9.59 Å². The van der Waals surface area contributed by atoms with Crippen molar-refractivity contribution in [1.29, 1.82) is 0 Å². The number of rotatable bonds is 12. The zero-order valence-corrected chi connectivity index (χ0v) is 22.3. The average molecular weight is 536 g/mol. The maximum atomic E-state index is 12.7. The molecule has 4 aromatic rings. The van der Waals surface area contributed by atoms with Gasteiger partial charge in [0.2, 0.25) is 5.78 Å². The zero-order valence-electron chi connectivity index (χ0n) is 22.3. The average Bonchev–Trinajstić information content (AvgIpc) is 3.27. The molecule has 3 N–H and O–H groups in total. The molecular formula is C27H33N7O5. The molecule has 0 spiro atoms. The molecule has 0 bridgehead atoms. The number of aromatic nitrogens is 4. The molecule has 1 aromatic carbocycles. The van der Waals surface area contributed by atoms with Gasteiger partial charge in [-0.25, -0.2) is 19.7 Å². The molecule has 3 heterocycles. The van der Waals surface area contributed by atoms with Gasteiger partial charge in [0, 0.05) is 19.3 Å². The monoisotopic (exact) mass is 535 g/mol. The smallest absolute Gasteiger partial charge is 0.407 e. The molecule has 0 aliphatic carbocycles. The number of nitrogens with zero attached hydrogens (tertiary/aromatic N) is 4. The minimum Gasteiger partial charge on any atom is -0.444 e. The number of carbonyl (C=O) groups excluding carboxylic acids is 2. The second kappa shape index (κ2) is 13.0. The van der Waals surface area contributed by atoms with Gasteiger partial charge in [0.1, 0.15) is 17.1 Å². The van der Waals surface area contributed by atoms with Crippen LogP contribution in [0.4, 0.5) is 16.3 Å². The van der Waals surface area contributed by atoms with Crippen molar-refractivity contribution in [1.82, 2.24) is 24.7 Å². The van der Waals surface area contributed by atoms with E-state index < -0.39 is 11.7 Å². The number of alkyl carbamates (subject to hydrolysis) is 1. The summed E-state index contributed by atoms with van der Waals surface area (Å²) >= 11 is 0. The summed E-state index contributed by atoms with van der Waals surface area (Å²) in [6.07, 6.45) is 2.90. The number of hydrogen-bond donors (Lipinski definition) is 3. The summed E-state index contributed by atoms with van der Waals surface area (Å²) in [6.45, 7) is 8.05. The van der Waals surface area contributed by atoms with Crippen molar-refractivity contribution < 1.29 is 23.8 Å². The molecule has 2 amide bonds. The van der Waals surface area contributed by atoms with Gasteiger partial charge >= 0.3 is 6.09 Å². The van der Waals surface area contributed by atoms with Crippen molar-refractivity contribution in [2.24, 2.45) is 0 Å². The van der Waals surface area contributed by atoms with Gasteiger partial charge < -0.3 is 30.2 Å². The molecule has 0 saturated carbocycles. The lowest BCUT2D eigenvalue weighted by Gasteiger charge is -2.19. The molecule has 12 nitrogen and oxygen atoms in total. The summed E-state index contributed by atoms with van der Waals surface area (Å²) in [4.78, 5) is 37.4. The van der Waals surface area contributed by atoms with Crippen LogP contribution in [0.1, 0.15) is 31.3 Å². The molecule has 4 rings (SSSR count). The number of pyridine rings is 1. The van der Waals surface area contributed by atoms with Crippen LogP contribution in [0.15, 0.2) is 54.9 Å². The van der Waals surface area contributed by atoms with Gasteiger partial charge in [0.15, 0.2) is 0 Å². The number of imidazole rings is 1. The van der Waals surface area contributed by atoms with Gasteiger partial charge in [0.25, 0.3) is 5.91 Å². The maximum Gasteiger partial charge on any atom is 0.407 e. The van der Waals surface area contributed by atoms with Gasteiger partial charge in [-0.1, -0.05) is 12.1 Å².